The fourth-order valence-electron chi connectivity index (χ4n) is 9.62. The molecule has 3 unspecified atom stereocenters. The van der Waals surface area contributed by atoms with Gasteiger partial charge in [-0.15, -0.1) is 5.10 Å². The molecule has 334 valence electrons. The van der Waals surface area contributed by atoms with Gasteiger partial charge in [-0.2, -0.15) is 0 Å². The van der Waals surface area contributed by atoms with Gasteiger partial charge in [-0.25, -0.2) is 4.68 Å². The quantitative estimate of drug-likeness (QED) is 0.135. The second-order valence-corrected chi connectivity index (χ2v) is 17.5. The minimum Gasteiger partial charge on any atom is -0.493 e. The molecule has 4 heterocycles. The Bertz CT molecular complexity index is 2910. The molecule has 66 heavy (non-hydrogen) atoms. The Morgan fingerprint density at radius 2 is 1.21 bits per heavy atom. The maximum Gasteiger partial charge on any atom is 0.255 e. The van der Waals surface area contributed by atoms with Gasteiger partial charge in [-0.05, 0) is 78.4 Å². The first-order valence-electron chi connectivity index (χ1n) is 22.4. The normalized spacial score (nSPS) is 20.1. The van der Waals surface area contributed by atoms with Gasteiger partial charge in [0, 0.05) is 41.0 Å². The lowest BCUT2D eigenvalue weighted by molar-refractivity contribution is -0.134. The highest BCUT2D eigenvalue weighted by Gasteiger charge is 2.41. The summed E-state index contributed by atoms with van der Waals surface area (Å²) in [7, 11) is 0. The maximum absolute atomic E-state index is 13.0. The number of carbonyl (C=O) groups excluding carboxylic acids is 6. The van der Waals surface area contributed by atoms with Crippen LogP contribution in [-0.2, 0) is 51.8 Å². The fraction of sp³-hybridized carbons (Fsp3) is 0.308. The van der Waals surface area contributed by atoms with Gasteiger partial charge in [0.1, 0.15) is 40.9 Å². The van der Waals surface area contributed by atoms with Crippen LogP contribution < -0.4 is 14.2 Å². The van der Waals surface area contributed by atoms with E-state index in [9.17, 15) is 28.8 Å². The predicted octanol–water partition coefficient (Wildman–Crippen LogP) is 6.67. The van der Waals surface area contributed by atoms with Crippen molar-refractivity contribution in [2.24, 2.45) is 5.92 Å². The summed E-state index contributed by atoms with van der Waals surface area (Å²) in [5, 5.41) is 8.45. The average Bonchev–Trinajstić information content (AvgIpc) is 4.01. The molecule has 0 spiro atoms. The van der Waals surface area contributed by atoms with Crippen molar-refractivity contribution in [2.75, 3.05) is 13.2 Å². The van der Waals surface area contributed by atoms with Crippen LogP contribution in [-0.4, -0.2) is 85.0 Å². The molecule has 14 heteroatoms. The molecule has 2 fully saturated rings. The van der Waals surface area contributed by atoms with Crippen molar-refractivity contribution < 1.29 is 43.0 Å². The summed E-state index contributed by atoms with van der Waals surface area (Å²) < 4.78 is 20.0. The Morgan fingerprint density at radius 1 is 0.621 bits per heavy atom. The first-order chi connectivity index (χ1) is 32.2. The molecule has 2 saturated carbocycles. The topological polar surface area (TPSA) is 167 Å². The van der Waals surface area contributed by atoms with Crippen molar-refractivity contribution >= 4 is 46.0 Å². The summed E-state index contributed by atoms with van der Waals surface area (Å²) in [5.74, 6) is 1.74. The monoisotopic (exact) mass is 885 g/mol. The lowest BCUT2D eigenvalue weighted by Gasteiger charge is -2.29. The molecule has 2 amide bonds. The third-order valence-corrected chi connectivity index (χ3v) is 13.1. The smallest absolute Gasteiger partial charge is 0.255 e. The van der Waals surface area contributed by atoms with Gasteiger partial charge in [-0.1, -0.05) is 71.9 Å². The fourth-order valence-corrected chi connectivity index (χ4v) is 9.62. The van der Waals surface area contributed by atoms with E-state index in [0.29, 0.717) is 87.8 Å². The first kappa shape index (κ1) is 42.5. The number of para-hydroxylation sites is 2. The summed E-state index contributed by atoms with van der Waals surface area (Å²) in [4.78, 5) is 77.1. The standard InChI is InChI=1S/C28H24N4O4.C24H23NO5/c33-20-12-13-25(26(34)14-20)31-16-22-21(28(31)35)4-3-7-27(22)36-17-19-10-8-18(9-11-19)15-32-24-6-2-1-5-23(24)29-30-32;26-17-8-9-20(21(27)11-17)25-12-19-18(24(25)28)5-3-7-23(19)30-14-15-10-16-4-1-2-6-22(16)29-13-15/h1-11,25H,12-17H2;1-7,15,20H,8-14H2. The molecule has 5 aliphatic rings. The average molecular weight is 886 g/mol. The number of benzene rings is 5. The van der Waals surface area contributed by atoms with Crippen LogP contribution in [0.5, 0.6) is 17.2 Å². The number of hydrogen-bond donors (Lipinski definition) is 0. The van der Waals surface area contributed by atoms with Crippen molar-refractivity contribution in [3.05, 3.63) is 148 Å². The van der Waals surface area contributed by atoms with E-state index in [-0.39, 0.29) is 53.7 Å². The van der Waals surface area contributed by atoms with E-state index in [4.69, 9.17) is 14.2 Å². The number of amides is 2. The van der Waals surface area contributed by atoms with Crippen LogP contribution in [0.4, 0.5) is 0 Å². The minimum atomic E-state index is -0.537. The maximum atomic E-state index is 13.0. The zero-order chi connectivity index (χ0) is 45.3. The lowest BCUT2D eigenvalue weighted by Crippen LogP contribution is -2.44. The van der Waals surface area contributed by atoms with Gasteiger partial charge in [0.05, 0.1) is 63.3 Å². The van der Waals surface area contributed by atoms with E-state index in [2.05, 4.69) is 16.4 Å². The molecular formula is C52H47N5O9. The minimum absolute atomic E-state index is 0.0410. The first-order valence-corrected chi connectivity index (χ1v) is 22.4. The van der Waals surface area contributed by atoms with E-state index in [0.717, 1.165) is 45.5 Å². The molecule has 11 rings (SSSR count). The molecular weight excluding hydrogens is 839 g/mol. The number of nitrogens with zero attached hydrogens (tertiary/aromatic N) is 5. The van der Waals surface area contributed by atoms with Gasteiger partial charge in [0.2, 0.25) is 0 Å². The van der Waals surface area contributed by atoms with Crippen molar-refractivity contribution in [3.8, 4) is 17.2 Å². The molecule has 1 aromatic heterocycles. The van der Waals surface area contributed by atoms with Gasteiger partial charge < -0.3 is 24.0 Å². The van der Waals surface area contributed by atoms with Crippen LogP contribution in [0, 0.1) is 5.92 Å². The van der Waals surface area contributed by atoms with Gasteiger partial charge in [0.15, 0.2) is 11.6 Å². The van der Waals surface area contributed by atoms with Crippen LogP contribution in [0.3, 0.4) is 0 Å². The summed E-state index contributed by atoms with van der Waals surface area (Å²) in [6.45, 7) is 2.74. The zero-order valence-electron chi connectivity index (χ0n) is 36.2. The van der Waals surface area contributed by atoms with Crippen LogP contribution in [0.15, 0.2) is 109 Å². The molecule has 2 aliphatic carbocycles. The van der Waals surface area contributed by atoms with Crippen LogP contribution in [0.25, 0.3) is 11.0 Å². The number of aromatic nitrogens is 3. The molecule has 3 atom stereocenters. The number of ether oxygens (including phenoxy) is 3. The van der Waals surface area contributed by atoms with E-state index in [1.807, 2.05) is 89.6 Å². The van der Waals surface area contributed by atoms with Crippen molar-refractivity contribution in [1.82, 2.24) is 24.8 Å². The van der Waals surface area contributed by atoms with Crippen LogP contribution in [0.2, 0.25) is 0 Å². The van der Waals surface area contributed by atoms with E-state index >= 15 is 0 Å². The largest absolute Gasteiger partial charge is 0.493 e. The van der Waals surface area contributed by atoms with Crippen molar-refractivity contribution in [2.45, 2.75) is 83.3 Å². The third kappa shape index (κ3) is 8.58. The zero-order valence-corrected chi connectivity index (χ0v) is 36.2. The highest BCUT2D eigenvalue weighted by Crippen LogP contribution is 2.37. The molecule has 0 saturated heterocycles. The highest BCUT2D eigenvalue weighted by molar-refractivity contribution is 6.08. The van der Waals surface area contributed by atoms with Crippen molar-refractivity contribution in [1.29, 1.82) is 0 Å². The third-order valence-electron chi connectivity index (χ3n) is 13.1. The molecule has 0 bridgehead atoms. The number of ketones is 4. The SMILES string of the molecule is O=C1CCC(N2Cc3c(OCC4COc5ccccc5C4)cccc3C2=O)C(=O)C1.O=C1CCC(N2Cc3c(OCc4ccc(Cn5nnc6ccccc65)cc4)cccc3C2=O)C(=O)C1. The Kier molecular flexibility index (Phi) is 11.7. The van der Waals surface area contributed by atoms with Crippen LogP contribution in [0.1, 0.15) is 87.1 Å². The van der Waals surface area contributed by atoms with E-state index in [1.165, 1.54) is 5.56 Å². The number of fused-ring (bicyclic) bond motifs is 4. The molecule has 5 aromatic carbocycles. The second-order valence-electron chi connectivity index (χ2n) is 17.5. The summed E-state index contributed by atoms with van der Waals surface area (Å²) in [5.41, 5.74) is 7.92. The molecule has 0 radical (unpaired) electrons. The predicted molar refractivity (Wildman–Crippen MR) is 240 cm³/mol. The summed E-state index contributed by atoms with van der Waals surface area (Å²) in [6.07, 6.45) is 2.22. The Balaban J connectivity index is 0.000000158. The number of Topliss-reactive ketones (excluding diaryl/α,β-unsaturated/α-hetero) is 4. The number of carbonyl (C=O) groups is 6. The molecule has 0 N–H and O–H groups in total. The van der Waals surface area contributed by atoms with Crippen molar-refractivity contribution in [3.63, 3.8) is 0 Å². The summed E-state index contributed by atoms with van der Waals surface area (Å²) in [6, 6.07) is 33.9. The molecule has 6 aromatic rings. The number of hydrogen-bond acceptors (Lipinski definition) is 11. The lowest BCUT2D eigenvalue weighted by atomic mass is 9.92. The van der Waals surface area contributed by atoms with Gasteiger partial charge in [0.25, 0.3) is 11.8 Å². The highest BCUT2D eigenvalue weighted by atomic mass is 16.5. The Morgan fingerprint density at radius 3 is 1.86 bits per heavy atom. The molecule has 14 nitrogen and oxygen atoms in total. The Labute approximate surface area is 380 Å². The Hall–Kier alpha value is -7.48. The molecule has 3 aliphatic heterocycles. The summed E-state index contributed by atoms with van der Waals surface area (Å²) >= 11 is 0. The second kappa shape index (κ2) is 18.2. The van der Waals surface area contributed by atoms with Gasteiger partial charge >= 0.3 is 0 Å². The number of rotatable bonds is 10. The van der Waals surface area contributed by atoms with E-state index in [1.54, 1.807) is 28.0 Å². The van der Waals surface area contributed by atoms with Gasteiger partial charge in [-0.3, -0.25) is 28.8 Å². The van der Waals surface area contributed by atoms with E-state index < -0.39 is 12.1 Å². The van der Waals surface area contributed by atoms with Crippen LogP contribution >= 0.6 is 0 Å².